The summed E-state index contributed by atoms with van der Waals surface area (Å²) in [7, 11) is 0. The summed E-state index contributed by atoms with van der Waals surface area (Å²) >= 11 is 1.24. The molecule has 0 bridgehead atoms. The van der Waals surface area contributed by atoms with Crippen LogP contribution in [0.15, 0.2) is 41.7 Å². The smallest absolute Gasteiger partial charge is 0.263 e. The fourth-order valence-corrected chi connectivity index (χ4v) is 2.37. The molecule has 0 aliphatic heterocycles. The zero-order valence-corrected chi connectivity index (χ0v) is 12.4. The van der Waals surface area contributed by atoms with Crippen molar-refractivity contribution in [2.75, 3.05) is 18.4 Å². The highest BCUT2D eigenvalue weighted by Crippen LogP contribution is 2.21. The second-order valence-electron chi connectivity index (χ2n) is 4.63. The first-order valence-corrected chi connectivity index (χ1v) is 7.20. The van der Waals surface area contributed by atoms with E-state index in [-0.39, 0.29) is 12.5 Å². The number of thiazole rings is 1. The summed E-state index contributed by atoms with van der Waals surface area (Å²) in [6, 6.07) is 3.35. The number of hydrogen-bond donors (Lipinski definition) is 3. The Morgan fingerprint density at radius 1 is 1.67 bits per heavy atom. The van der Waals surface area contributed by atoms with E-state index >= 15 is 0 Å². The molecule has 1 unspecified atom stereocenters. The fraction of sp³-hybridized carbons (Fsp3) is 0.286. The van der Waals surface area contributed by atoms with Crippen LogP contribution in [0.4, 0.5) is 5.13 Å². The van der Waals surface area contributed by atoms with Crippen LogP contribution in [0.25, 0.3) is 0 Å². The standard InChI is InChI=1S/C14H17N3O3S/c1-3-6-15-13-16-8-10(21-13)12(18)17-9-14(2,19)11-5-4-7-20-11/h3-5,7-8,19H,1,6,9H2,2H3,(H,15,16)(H,17,18). The number of amides is 1. The van der Waals surface area contributed by atoms with Crippen molar-refractivity contribution in [3.8, 4) is 0 Å². The highest BCUT2D eigenvalue weighted by molar-refractivity contribution is 7.17. The maximum Gasteiger partial charge on any atom is 0.263 e. The van der Waals surface area contributed by atoms with Crippen LogP contribution in [0.1, 0.15) is 22.4 Å². The lowest BCUT2D eigenvalue weighted by Crippen LogP contribution is -2.38. The molecule has 2 aromatic rings. The van der Waals surface area contributed by atoms with E-state index in [0.717, 1.165) is 0 Å². The summed E-state index contributed by atoms with van der Waals surface area (Å²) in [6.07, 6.45) is 4.68. The van der Waals surface area contributed by atoms with E-state index in [1.54, 1.807) is 25.1 Å². The van der Waals surface area contributed by atoms with Gasteiger partial charge in [-0.1, -0.05) is 17.4 Å². The topological polar surface area (TPSA) is 87.4 Å². The Morgan fingerprint density at radius 3 is 3.14 bits per heavy atom. The molecule has 0 saturated heterocycles. The molecular formula is C14H17N3O3S. The van der Waals surface area contributed by atoms with Crippen LogP contribution in [0, 0.1) is 0 Å². The molecule has 0 spiro atoms. The van der Waals surface area contributed by atoms with Crippen LogP contribution >= 0.6 is 11.3 Å². The third-order valence-electron chi connectivity index (χ3n) is 2.77. The molecule has 1 atom stereocenters. The van der Waals surface area contributed by atoms with Gasteiger partial charge in [0.05, 0.1) is 19.0 Å². The van der Waals surface area contributed by atoms with Crippen molar-refractivity contribution in [1.29, 1.82) is 0 Å². The lowest BCUT2D eigenvalue weighted by molar-refractivity contribution is 0.0331. The van der Waals surface area contributed by atoms with Crippen molar-refractivity contribution in [1.82, 2.24) is 10.3 Å². The molecule has 7 heteroatoms. The van der Waals surface area contributed by atoms with E-state index in [9.17, 15) is 9.90 Å². The Bertz CT molecular complexity index is 605. The van der Waals surface area contributed by atoms with Gasteiger partial charge in [0.25, 0.3) is 5.91 Å². The second kappa shape index (κ2) is 6.55. The number of carbonyl (C=O) groups excluding carboxylic acids is 1. The lowest BCUT2D eigenvalue weighted by atomic mass is 10.0. The summed E-state index contributed by atoms with van der Waals surface area (Å²) in [6.45, 7) is 5.81. The predicted molar refractivity (Wildman–Crippen MR) is 81.4 cm³/mol. The number of nitrogens with zero attached hydrogens (tertiary/aromatic N) is 1. The third-order valence-corrected chi connectivity index (χ3v) is 3.73. The number of aromatic nitrogens is 1. The van der Waals surface area contributed by atoms with Gasteiger partial charge in [0.2, 0.25) is 0 Å². The molecule has 0 aliphatic rings. The Hall–Kier alpha value is -2.12. The van der Waals surface area contributed by atoms with E-state index in [0.29, 0.717) is 22.3 Å². The van der Waals surface area contributed by atoms with Crippen LogP contribution < -0.4 is 10.6 Å². The highest BCUT2D eigenvalue weighted by Gasteiger charge is 2.27. The quantitative estimate of drug-likeness (QED) is 0.681. The number of carbonyl (C=O) groups is 1. The van der Waals surface area contributed by atoms with Crippen LogP contribution in [-0.4, -0.2) is 29.1 Å². The Labute approximate surface area is 126 Å². The van der Waals surface area contributed by atoms with Gasteiger partial charge in [0, 0.05) is 6.54 Å². The number of anilines is 1. The van der Waals surface area contributed by atoms with Crippen molar-refractivity contribution in [3.05, 3.63) is 47.9 Å². The van der Waals surface area contributed by atoms with Gasteiger partial charge in [-0.2, -0.15) is 0 Å². The molecule has 6 nitrogen and oxygen atoms in total. The van der Waals surface area contributed by atoms with Gasteiger partial charge in [-0.25, -0.2) is 4.98 Å². The maximum atomic E-state index is 12.0. The molecule has 0 aromatic carbocycles. The molecule has 1 amide bonds. The van der Waals surface area contributed by atoms with Gasteiger partial charge in [-0.05, 0) is 19.1 Å². The molecule has 2 aromatic heterocycles. The van der Waals surface area contributed by atoms with E-state index in [1.165, 1.54) is 23.8 Å². The first-order chi connectivity index (χ1) is 10.0. The summed E-state index contributed by atoms with van der Waals surface area (Å²) in [5, 5.41) is 16.6. The predicted octanol–water partition coefficient (Wildman–Crippen LogP) is 1.97. The molecule has 2 rings (SSSR count). The average Bonchev–Trinajstić information content (AvgIpc) is 3.13. The Balaban J connectivity index is 1.92. The van der Waals surface area contributed by atoms with Crippen LogP contribution in [0.2, 0.25) is 0 Å². The summed E-state index contributed by atoms with van der Waals surface area (Å²) in [5.74, 6) is 0.117. The number of furan rings is 1. The number of aliphatic hydroxyl groups is 1. The molecule has 0 saturated carbocycles. The van der Waals surface area contributed by atoms with Gasteiger partial charge >= 0.3 is 0 Å². The van der Waals surface area contributed by atoms with Gasteiger partial charge < -0.3 is 20.2 Å². The van der Waals surface area contributed by atoms with Gasteiger partial charge in [-0.3, -0.25) is 4.79 Å². The summed E-state index contributed by atoms with van der Waals surface area (Å²) < 4.78 is 5.15. The monoisotopic (exact) mass is 307 g/mol. The molecule has 0 fully saturated rings. The van der Waals surface area contributed by atoms with E-state index in [1.807, 2.05) is 0 Å². The lowest BCUT2D eigenvalue weighted by Gasteiger charge is -2.20. The SMILES string of the molecule is C=CCNc1ncc(C(=O)NCC(C)(O)c2ccco2)s1. The Morgan fingerprint density at radius 2 is 2.48 bits per heavy atom. The van der Waals surface area contributed by atoms with Crippen molar-refractivity contribution in [2.45, 2.75) is 12.5 Å². The van der Waals surface area contributed by atoms with Crippen molar-refractivity contribution in [3.63, 3.8) is 0 Å². The summed E-state index contributed by atoms with van der Waals surface area (Å²) in [4.78, 5) is 16.6. The van der Waals surface area contributed by atoms with Crippen molar-refractivity contribution >= 4 is 22.4 Å². The van der Waals surface area contributed by atoms with Gasteiger partial charge in [-0.15, -0.1) is 6.58 Å². The molecule has 0 aliphatic carbocycles. The largest absolute Gasteiger partial charge is 0.466 e. The minimum absolute atomic E-state index is 0.0483. The molecule has 2 heterocycles. The molecule has 112 valence electrons. The molecule has 3 N–H and O–H groups in total. The van der Waals surface area contributed by atoms with E-state index < -0.39 is 5.60 Å². The second-order valence-corrected chi connectivity index (χ2v) is 5.66. The molecule has 0 radical (unpaired) electrons. The zero-order chi connectivity index (χ0) is 15.3. The minimum Gasteiger partial charge on any atom is -0.466 e. The van der Waals surface area contributed by atoms with Gasteiger partial charge in [0.15, 0.2) is 5.13 Å². The number of rotatable bonds is 7. The highest BCUT2D eigenvalue weighted by atomic mass is 32.1. The third kappa shape index (κ3) is 3.93. The molecule has 21 heavy (non-hydrogen) atoms. The van der Waals surface area contributed by atoms with Gasteiger partial charge in [0.1, 0.15) is 16.2 Å². The zero-order valence-electron chi connectivity index (χ0n) is 11.6. The normalized spacial score (nSPS) is 13.4. The van der Waals surface area contributed by atoms with E-state index in [2.05, 4.69) is 22.2 Å². The van der Waals surface area contributed by atoms with Crippen molar-refractivity contribution in [2.24, 2.45) is 0 Å². The van der Waals surface area contributed by atoms with Crippen LogP contribution in [0.3, 0.4) is 0 Å². The van der Waals surface area contributed by atoms with Crippen LogP contribution in [0.5, 0.6) is 0 Å². The molecular weight excluding hydrogens is 290 g/mol. The van der Waals surface area contributed by atoms with Crippen molar-refractivity contribution < 1.29 is 14.3 Å². The minimum atomic E-state index is -1.26. The average molecular weight is 307 g/mol. The van der Waals surface area contributed by atoms with E-state index in [4.69, 9.17) is 4.42 Å². The maximum absolute atomic E-state index is 12.0. The Kier molecular flexibility index (Phi) is 4.77. The summed E-state index contributed by atoms with van der Waals surface area (Å²) in [5.41, 5.74) is -1.26. The number of nitrogens with one attached hydrogen (secondary N) is 2. The first kappa shape index (κ1) is 15.3. The van der Waals surface area contributed by atoms with Crippen LogP contribution in [-0.2, 0) is 5.60 Å². The number of hydrogen-bond acceptors (Lipinski definition) is 6. The first-order valence-electron chi connectivity index (χ1n) is 6.38. The fourth-order valence-electron chi connectivity index (χ4n) is 1.63.